The second-order valence-corrected chi connectivity index (χ2v) is 13.1. The third-order valence-electron chi connectivity index (χ3n) is 8.58. The Morgan fingerprint density at radius 1 is 0.444 bits per heavy atom. The van der Waals surface area contributed by atoms with Crippen molar-refractivity contribution in [2.45, 2.75) is 193 Å². The largest absolute Gasteiger partial charge is 0.376 e. The molecule has 0 rings (SSSR count). The van der Waals surface area contributed by atoms with Gasteiger partial charge < -0.3 is 14.8 Å². The van der Waals surface area contributed by atoms with Gasteiger partial charge in [-0.3, -0.25) is 0 Å². The number of ether oxygens (including phenoxy) is 2. The first-order valence-corrected chi connectivity index (χ1v) is 19.7. The third kappa shape index (κ3) is 35.5. The molecule has 0 amide bonds. The first kappa shape index (κ1) is 43.8. The number of rotatable bonds is 36. The van der Waals surface area contributed by atoms with Crippen molar-refractivity contribution in [1.29, 1.82) is 0 Å². The molecule has 0 radical (unpaired) electrons. The molecule has 45 heavy (non-hydrogen) atoms. The Hall–Kier alpha value is -1.16. The monoisotopic (exact) mass is 630 g/mol. The molecule has 0 aliphatic carbocycles. The topological polar surface area (TPSA) is 30.5 Å². The second-order valence-electron chi connectivity index (χ2n) is 13.1. The highest BCUT2D eigenvalue weighted by Gasteiger charge is 2.17. The Balaban J connectivity index is 3.60. The van der Waals surface area contributed by atoms with Gasteiger partial charge >= 0.3 is 0 Å². The van der Waals surface area contributed by atoms with E-state index in [4.69, 9.17) is 9.47 Å². The van der Waals surface area contributed by atoms with Crippen molar-refractivity contribution < 1.29 is 9.47 Å². The summed E-state index contributed by atoms with van der Waals surface area (Å²) in [5.41, 5.74) is 0. The number of allylic oxidation sites excluding steroid dienone is 8. The molecule has 2 atom stereocenters. The van der Waals surface area contributed by atoms with Gasteiger partial charge in [0.25, 0.3) is 0 Å². The summed E-state index contributed by atoms with van der Waals surface area (Å²) >= 11 is 0. The normalized spacial score (nSPS) is 13.8. The minimum Gasteiger partial charge on any atom is -0.376 e. The third-order valence-corrected chi connectivity index (χ3v) is 8.58. The highest BCUT2D eigenvalue weighted by Crippen LogP contribution is 2.12. The van der Waals surface area contributed by atoms with E-state index >= 15 is 0 Å². The molecule has 1 unspecified atom stereocenters. The van der Waals surface area contributed by atoms with E-state index in [1.165, 1.54) is 135 Å². The van der Waals surface area contributed by atoms with Crippen LogP contribution in [0, 0.1) is 0 Å². The molecule has 0 aromatic carbocycles. The van der Waals surface area contributed by atoms with Crippen molar-refractivity contribution in [1.82, 2.24) is 5.32 Å². The molecule has 0 fully saturated rings. The molecule has 0 aliphatic rings. The molecule has 0 bridgehead atoms. The van der Waals surface area contributed by atoms with Crippen molar-refractivity contribution in [2.24, 2.45) is 0 Å². The van der Waals surface area contributed by atoms with Crippen molar-refractivity contribution in [3.05, 3.63) is 48.6 Å². The second kappa shape index (κ2) is 39.0. The fourth-order valence-corrected chi connectivity index (χ4v) is 5.53. The van der Waals surface area contributed by atoms with Crippen LogP contribution >= 0.6 is 0 Å². The number of hydrogen-bond donors (Lipinski definition) is 1. The molecular formula is C42H79NO2. The Kier molecular flexibility index (Phi) is 38.0. The number of likely N-dealkylation sites (N-methyl/N-ethyl adjacent to an activating group) is 1. The zero-order chi connectivity index (χ0) is 32.7. The SMILES string of the molecule is CCCCC/C=C\C/C=C\CCCCCCCCOC(CNC)[C@@H](C)OCCCCCCCC/C=C\C/C=C\CCCCCC. The van der Waals surface area contributed by atoms with Gasteiger partial charge in [-0.2, -0.15) is 0 Å². The smallest absolute Gasteiger partial charge is 0.0957 e. The van der Waals surface area contributed by atoms with Gasteiger partial charge in [0.05, 0.1) is 12.2 Å². The molecule has 264 valence electrons. The van der Waals surface area contributed by atoms with Crippen LogP contribution in [0.4, 0.5) is 0 Å². The first-order valence-electron chi connectivity index (χ1n) is 19.7. The Bertz CT molecular complexity index is 668. The highest BCUT2D eigenvalue weighted by atomic mass is 16.5. The minimum absolute atomic E-state index is 0.141. The van der Waals surface area contributed by atoms with Crippen LogP contribution in [0.15, 0.2) is 48.6 Å². The summed E-state index contributed by atoms with van der Waals surface area (Å²) in [6.07, 6.45) is 51.2. The van der Waals surface area contributed by atoms with E-state index in [-0.39, 0.29) is 12.2 Å². The van der Waals surface area contributed by atoms with Crippen LogP contribution in [0.1, 0.15) is 181 Å². The van der Waals surface area contributed by atoms with Crippen molar-refractivity contribution in [2.75, 3.05) is 26.8 Å². The number of hydrogen-bond acceptors (Lipinski definition) is 3. The van der Waals surface area contributed by atoms with Crippen molar-refractivity contribution in [3.63, 3.8) is 0 Å². The summed E-state index contributed by atoms with van der Waals surface area (Å²) < 4.78 is 12.4. The standard InChI is InChI=1S/C42H79NO2/c1-5-7-9-11-13-15-17-19-21-23-25-26-28-30-32-34-36-38-44-41(3)42(40-43-4)45-39-37-35-33-31-29-27-24-22-20-18-16-14-12-10-8-6-2/h14-17,20-23,41-43H,5-13,18-19,24-40H2,1-4H3/b16-14-,17-15-,22-20-,23-21-/t41-,42?/m1/s1. The summed E-state index contributed by atoms with van der Waals surface area (Å²) in [4.78, 5) is 0. The van der Waals surface area contributed by atoms with Crippen LogP contribution in [0.25, 0.3) is 0 Å². The maximum Gasteiger partial charge on any atom is 0.0957 e. The zero-order valence-corrected chi connectivity index (χ0v) is 30.9. The average Bonchev–Trinajstić information content (AvgIpc) is 3.05. The molecule has 1 N–H and O–H groups in total. The average molecular weight is 630 g/mol. The highest BCUT2D eigenvalue weighted by molar-refractivity contribution is 4.93. The van der Waals surface area contributed by atoms with Crippen LogP contribution in [0.5, 0.6) is 0 Å². The molecule has 0 saturated heterocycles. The van der Waals surface area contributed by atoms with Crippen LogP contribution < -0.4 is 5.32 Å². The van der Waals surface area contributed by atoms with Crippen molar-refractivity contribution in [3.8, 4) is 0 Å². The molecule has 3 nitrogen and oxygen atoms in total. The number of nitrogens with one attached hydrogen (secondary N) is 1. The van der Waals surface area contributed by atoms with Gasteiger partial charge in [-0.15, -0.1) is 0 Å². The minimum atomic E-state index is 0.141. The van der Waals surface area contributed by atoms with Crippen LogP contribution in [-0.2, 0) is 9.47 Å². The molecule has 0 spiro atoms. The lowest BCUT2D eigenvalue weighted by Crippen LogP contribution is -2.37. The predicted molar refractivity (Wildman–Crippen MR) is 202 cm³/mol. The van der Waals surface area contributed by atoms with Crippen LogP contribution in [0.2, 0.25) is 0 Å². The molecule has 3 heteroatoms. The van der Waals surface area contributed by atoms with E-state index in [2.05, 4.69) is 74.7 Å². The lowest BCUT2D eigenvalue weighted by molar-refractivity contribution is -0.0646. The Labute approximate surface area is 283 Å². The summed E-state index contributed by atoms with van der Waals surface area (Å²) in [7, 11) is 2.01. The number of unbranched alkanes of at least 4 members (excludes halogenated alkanes) is 19. The van der Waals surface area contributed by atoms with E-state index in [1.54, 1.807) is 0 Å². The maximum atomic E-state index is 6.24. The molecule has 0 saturated carbocycles. The van der Waals surface area contributed by atoms with E-state index < -0.39 is 0 Å². The summed E-state index contributed by atoms with van der Waals surface area (Å²) in [5, 5.41) is 3.29. The van der Waals surface area contributed by atoms with E-state index in [0.717, 1.165) is 45.4 Å². The van der Waals surface area contributed by atoms with Gasteiger partial charge in [-0.05, 0) is 91.0 Å². The van der Waals surface area contributed by atoms with Crippen LogP contribution in [-0.4, -0.2) is 39.0 Å². The summed E-state index contributed by atoms with van der Waals surface area (Å²) in [5.74, 6) is 0. The van der Waals surface area contributed by atoms with Gasteiger partial charge in [0.15, 0.2) is 0 Å². The molecule has 0 aliphatic heterocycles. The van der Waals surface area contributed by atoms with Gasteiger partial charge in [0.1, 0.15) is 0 Å². The zero-order valence-electron chi connectivity index (χ0n) is 30.9. The quantitative estimate of drug-likeness (QED) is 0.0552. The maximum absolute atomic E-state index is 6.24. The molecule has 0 aromatic rings. The van der Waals surface area contributed by atoms with Crippen molar-refractivity contribution >= 4 is 0 Å². The van der Waals surface area contributed by atoms with Gasteiger partial charge in [-0.1, -0.05) is 146 Å². The predicted octanol–water partition coefficient (Wildman–Crippen LogP) is 13.0. The van der Waals surface area contributed by atoms with Crippen LogP contribution in [0.3, 0.4) is 0 Å². The summed E-state index contributed by atoms with van der Waals surface area (Å²) in [6.45, 7) is 9.27. The first-order chi connectivity index (χ1) is 22.3. The fourth-order valence-electron chi connectivity index (χ4n) is 5.53. The summed E-state index contributed by atoms with van der Waals surface area (Å²) in [6, 6.07) is 0. The fraction of sp³-hybridized carbons (Fsp3) is 0.810. The van der Waals surface area contributed by atoms with Gasteiger partial charge in [-0.25, -0.2) is 0 Å². The lowest BCUT2D eigenvalue weighted by atomic mass is 10.1. The lowest BCUT2D eigenvalue weighted by Gasteiger charge is -2.24. The van der Waals surface area contributed by atoms with E-state index in [1.807, 2.05) is 7.05 Å². The molecule has 0 heterocycles. The Morgan fingerprint density at radius 3 is 1.24 bits per heavy atom. The van der Waals surface area contributed by atoms with E-state index in [0.29, 0.717) is 0 Å². The van der Waals surface area contributed by atoms with Gasteiger partial charge in [0, 0.05) is 19.8 Å². The molecule has 0 aromatic heterocycles. The molecular weight excluding hydrogens is 550 g/mol. The van der Waals surface area contributed by atoms with E-state index in [9.17, 15) is 0 Å². The Morgan fingerprint density at radius 2 is 0.800 bits per heavy atom. The van der Waals surface area contributed by atoms with Gasteiger partial charge in [0.2, 0.25) is 0 Å².